The Morgan fingerprint density at radius 1 is 1.30 bits per heavy atom. The maximum absolute atomic E-state index is 11.2. The molecule has 0 spiro atoms. The van der Waals surface area contributed by atoms with E-state index in [2.05, 4.69) is 9.71 Å². The highest BCUT2D eigenvalue weighted by Gasteiger charge is 2.26. The van der Waals surface area contributed by atoms with Gasteiger partial charge in [-0.25, -0.2) is 13.4 Å². The Bertz CT molecular complexity index is 589. The number of pyridine rings is 1. The van der Waals surface area contributed by atoms with E-state index in [-0.39, 0.29) is 11.9 Å². The molecule has 1 N–H and O–H groups in total. The molecule has 0 bridgehead atoms. The molecular weight excluding hydrogens is 280 g/mol. The van der Waals surface area contributed by atoms with Gasteiger partial charge in [-0.15, -0.1) is 0 Å². The van der Waals surface area contributed by atoms with Crippen LogP contribution in [0.3, 0.4) is 0 Å². The molecule has 0 aliphatic heterocycles. The smallest absolute Gasteiger partial charge is 0.230 e. The van der Waals surface area contributed by atoms with Gasteiger partial charge in [-0.1, -0.05) is 0 Å². The second-order valence-corrected chi connectivity index (χ2v) is 7.67. The highest BCUT2D eigenvalue weighted by molar-refractivity contribution is 7.92. The van der Waals surface area contributed by atoms with Crippen molar-refractivity contribution in [1.29, 1.82) is 0 Å². The van der Waals surface area contributed by atoms with Crippen molar-refractivity contribution in [1.82, 2.24) is 4.98 Å². The minimum absolute atomic E-state index is 0.216. The molecule has 1 fully saturated rings. The third-order valence-electron chi connectivity index (χ3n) is 2.36. The van der Waals surface area contributed by atoms with E-state index < -0.39 is 15.6 Å². The zero-order valence-corrected chi connectivity index (χ0v) is 13.0. The summed E-state index contributed by atoms with van der Waals surface area (Å²) in [6.07, 6.45) is 4.84. The van der Waals surface area contributed by atoms with Gasteiger partial charge in [0.25, 0.3) is 0 Å². The Hall–Kier alpha value is -1.50. The zero-order valence-electron chi connectivity index (χ0n) is 12.1. The molecule has 1 aliphatic rings. The summed E-state index contributed by atoms with van der Waals surface area (Å²) < 4.78 is 36.4. The second-order valence-electron chi connectivity index (χ2n) is 5.92. The molecule has 0 radical (unpaired) electrons. The van der Waals surface area contributed by atoms with Crippen LogP contribution in [0.2, 0.25) is 0 Å². The summed E-state index contributed by atoms with van der Waals surface area (Å²) >= 11 is 0. The summed E-state index contributed by atoms with van der Waals surface area (Å²) in [7, 11) is -3.37. The molecule has 0 aromatic carbocycles. The monoisotopic (exact) mass is 300 g/mol. The lowest BCUT2D eigenvalue weighted by molar-refractivity contribution is 0.122. The van der Waals surface area contributed by atoms with Crippen molar-refractivity contribution in [3.8, 4) is 11.5 Å². The maximum Gasteiger partial charge on any atom is 0.230 e. The van der Waals surface area contributed by atoms with Gasteiger partial charge in [-0.3, -0.25) is 4.72 Å². The average molecular weight is 300 g/mol. The van der Waals surface area contributed by atoms with Crippen LogP contribution in [-0.4, -0.2) is 31.4 Å². The fourth-order valence-corrected chi connectivity index (χ4v) is 2.03. The van der Waals surface area contributed by atoms with Crippen LogP contribution in [0, 0.1) is 0 Å². The third-order valence-corrected chi connectivity index (χ3v) is 2.94. The number of hydrogen-bond donors (Lipinski definition) is 1. The lowest BCUT2D eigenvalue weighted by atomic mass is 10.2. The van der Waals surface area contributed by atoms with E-state index in [0.717, 1.165) is 19.1 Å². The van der Waals surface area contributed by atoms with Crippen molar-refractivity contribution in [3.63, 3.8) is 0 Å². The Morgan fingerprint density at radius 3 is 2.45 bits per heavy atom. The Morgan fingerprint density at radius 2 is 1.95 bits per heavy atom. The number of aromatic nitrogens is 1. The number of sulfonamides is 1. The molecule has 112 valence electrons. The highest BCUT2D eigenvalue weighted by Crippen LogP contribution is 2.36. The van der Waals surface area contributed by atoms with Crippen molar-refractivity contribution < 1.29 is 17.9 Å². The van der Waals surface area contributed by atoms with Crippen molar-refractivity contribution in [2.24, 2.45) is 0 Å². The van der Waals surface area contributed by atoms with Gasteiger partial charge in [0, 0.05) is 6.07 Å². The maximum atomic E-state index is 11.2. The molecule has 6 nitrogen and oxygen atoms in total. The number of hydrogen-bond acceptors (Lipinski definition) is 5. The van der Waals surface area contributed by atoms with E-state index in [4.69, 9.17) is 9.47 Å². The molecule has 1 aliphatic carbocycles. The van der Waals surface area contributed by atoms with Crippen LogP contribution in [-0.2, 0) is 10.0 Å². The van der Waals surface area contributed by atoms with Gasteiger partial charge < -0.3 is 9.47 Å². The number of ether oxygens (including phenoxy) is 2. The van der Waals surface area contributed by atoms with E-state index in [1.165, 1.54) is 6.20 Å². The summed E-state index contributed by atoms with van der Waals surface area (Å²) in [5, 5.41) is 0. The van der Waals surface area contributed by atoms with Crippen molar-refractivity contribution >= 4 is 15.8 Å². The number of anilines is 1. The van der Waals surface area contributed by atoms with Gasteiger partial charge >= 0.3 is 0 Å². The molecule has 0 saturated heterocycles. The number of rotatable bonds is 5. The van der Waals surface area contributed by atoms with Crippen molar-refractivity contribution in [3.05, 3.63) is 12.3 Å². The fraction of sp³-hybridized carbons (Fsp3) is 0.615. The van der Waals surface area contributed by atoms with Crippen molar-refractivity contribution in [2.45, 2.75) is 45.3 Å². The van der Waals surface area contributed by atoms with E-state index in [1.54, 1.807) is 6.07 Å². The molecule has 1 saturated carbocycles. The highest BCUT2D eigenvalue weighted by atomic mass is 32.2. The summed E-state index contributed by atoms with van der Waals surface area (Å²) in [5.74, 6) is 1.25. The quantitative estimate of drug-likeness (QED) is 0.901. The van der Waals surface area contributed by atoms with Gasteiger partial charge in [0.05, 0.1) is 18.6 Å². The predicted molar refractivity (Wildman–Crippen MR) is 76.7 cm³/mol. The van der Waals surface area contributed by atoms with Gasteiger partial charge in [-0.05, 0) is 33.6 Å². The summed E-state index contributed by atoms with van der Waals surface area (Å²) in [4.78, 5) is 4.04. The standard InChI is InChI=1S/C13H20N2O4S/c1-13(2,3)19-10-7-12(15-20(4,16)17)14-8-11(10)18-9-5-6-9/h7-9H,5-6H2,1-4H3,(H,14,15). The lowest BCUT2D eigenvalue weighted by Crippen LogP contribution is -2.23. The first-order valence-electron chi connectivity index (χ1n) is 6.46. The Balaban J connectivity index is 2.27. The SMILES string of the molecule is CC(C)(C)Oc1cc(NS(C)(=O)=O)ncc1OC1CC1. The van der Waals surface area contributed by atoms with Crippen LogP contribution in [0.4, 0.5) is 5.82 Å². The van der Waals surface area contributed by atoms with Crippen LogP contribution >= 0.6 is 0 Å². The molecule has 2 rings (SSSR count). The largest absolute Gasteiger partial charge is 0.485 e. The molecule has 1 aromatic rings. The topological polar surface area (TPSA) is 77.5 Å². The molecular formula is C13H20N2O4S. The Labute approximate surface area is 119 Å². The first-order valence-corrected chi connectivity index (χ1v) is 8.35. The molecule has 7 heteroatoms. The van der Waals surface area contributed by atoms with Crippen LogP contribution in [0.25, 0.3) is 0 Å². The first kappa shape index (κ1) is 14.9. The van der Waals surface area contributed by atoms with Crippen LogP contribution in [0.15, 0.2) is 12.3 Å². The Kier molecular flexibility index (Phi) is 3.82. The number of nitrogens with zero attached hydrogens (tertiary/aromatic N) is 1. The number of nitrogens with one attached hydrogen (secondary N) is 1. The van der Waals surface area contributed by atoms with Gasteiger partial charge in [0.2, 0.25) is 10.0 Å². The molecule has 1 heterocycles. The summed E-state index contributed by atoms with van der Waals surface area (Å²) in [5.41, 5.74) is -0.411. The minimum atomic E-state index is -3.37. The van der Waals surface area contributed by atoms with Gasteiger partial charge in [0.15, 0.2) is 11.5 Å². The van der Waals surface area contributed by atoms with Crippen LogP contribution in [0.5, 0.6) is 11.5 Å². The summed E-state index contributed by atoms with van der Waals surface area (Å²) in [6, 6.07) is 1.55. The second kappa shape index (κ2) is 5.12. The summed E-state index contributed by atoms with van der Waals surface area (Å²) in [6.45, 7) is 5.74. The van der Waals surface area contributed by atoms with Crippen LogP contribution in [0.1, 0.15) is 33.6 Å². The fourth-order valence-electron chi connectivity index (χ4n) is 1.53. The minimum Gasteiger partial charge on any atom is -0.485 e. The lowest BCUT2D eigenvalue weighted by Gasteiger charge is -2.23. The van der Waals surface area contributed by atoms with E-state index in [0.29, 0.717) is 11.5 Å². The molecule has 0 amide bonds. The molecule has 1 aromatic heterocycles. The zero-order chi connectivity index (χ0) is 15.0. The van der Waals surface area contributed by atoms with E-state index >= 15 is 0 Å². The van der Waals surface area contributed by atoms with Gasteiger partial charge in [-0.2, -0.15) is 0 Å². The third kappa shape index (κ3) is 4.88. The van der Waals surface area contributed by atoms with Crippen molar-refractivity contribution in [2.75, 3.05) is 11.0 Å². The average Bonchev–Trinajstić information content (AvgIpc) is 3.01. The molecule has 0 unspecified atom stereocenters. The normalized spacial score (nSPS) is 15.8. The molecule has 20 heavy (non-hydrogen) atoms. The first-order chi connectivity index (χ1) is 9.12. The van der Waals surface area contributed by atoms with Crippen LogP contribution < -0.4 is 14.2 Å². The predicted octanol–water partition coefficient (Wildman–Crippen LogP) is 2.17. The van der Waals surface area contributed by atoms with E-state index in [1.807, 2.05) is 20.8 Å². The van der Waals surface area contributed by atoms with Gasteiger partial charge in [0.1, 0.15) is 11.4 Å². The van der Waals surface area contributed by atoms with E-state index in [9.17, 15) is 8.42 Å². The molecule has 0 atom stereocenters.